The summed E-state index contributed by atoms with van der Waals surface area (Å²) in [6.07, 6.45) is 6.81. The molecule has 0 aliphatic heterocycles. The molecule has 0 radical (unpaired) electrons. The van der Waals surface area contributed by atoms with E-state index in [9.17, 15) is 0 Å². The second kappa shape index (κ2) is 4.30. The molecule has 80 valence electrons. The molecule has 0 saturated carbocycles. The average Bonchev–Trinajstić information content (AvgIpc) is 2.64. The van der Waals surface area contributed by atoms with Gasteiger partial charge in [-0.3, -0.25) is 0 Å². The highest BCUT2D eigenvalue weighted by Crippen LogP contribution is 2.28. The monoisotopic (exact) mass is 203 g/mol. The third kappa shape index (κ3) is 2.94. The van der Waals surface area contributed by atoms with Crippen molar-refractivity contribution in [3.63, 3.8) is 0 Å². The van der Waals surface area contributed by atoms with Gasteiger partial charge in [0.2, 0.25) is 0 Å². The van der Waals surface area contributed by atoms with Crippen LogP contribution in [0.3, 0.4) is 0 Å². The van der Waals surface area contributed by atoms with E-state index in [-0.39, 0.29) is 5.41 Å². The lowest BCUT2D eigenvalue weighted by atomic mass is 9.86. The maximum atomic E-state index is 5.21. The minimum atomic E-state index is 0.0499. The Labute approximate surface area is 91.0 Å². The van der Waals surface area contributed by atoms with Crippen LogP contribution in [0, 0.1) is 5.41 Å². The van der Waals surface area contributed by atoms with Gasteiger partial charge in [-0.2, -0.15) is 0 Å². The summed E-state index contributed by atoms with van der Waals surface area (Å²) >= 11 is 0. The molecule has 1 heterocycles. The van der Waals surface area contributed by atoms with Crippen LogP contribution in [-0.4, -0.2) is 4.98 Å². The summed E-state index contributed by atoms with van der Waals surface area (Å²) in [5.74, 6) is 0.718. The predicted molar refractivity (Wildman–Crippen MR) is 63.3 cm³/mol. The fourth-order valence-corrected chi connectivity index (χ4v) is 0.993. The fourth-order valence-electron chi connectivity index (χ4n) is 0.993. The van der Waals surface area contributed by atoms with Crippen LogP contribution >= 0.6 is 0 Å². The molecule has 0 N–H and O–H groups in total. The maximum Gasteiger partial charge on any atom is 0.181 e. The maximum absolute atomic E-state index is 5.21. The SMILES string of the molecule is C=C/C(=C\C(=C)C(C)(C)C)c1cnco1. The van der Waals surface area contributed by atoms with Gasteiger partial charge in [-0.05, 0) is 17.1 Å². The van der Waals surface area contributed by atoms with E-state index in [2.05, 4.69) is 38.9 Å². The van der Waals surface area contributed by atoms with Crippen molar-refractivity contribution in [1.82, 2.24) is 4.98 Å². The molecule has 0 unspecified atom stereocenters. The van der Waals surface area contributed by atoms with E-state index in [4.69, 9.17) is 4.42 Å². The lowest BCUT2D eigenvalue weighted by molar-refractivity contribution is 0.518. The zero-order valence-electron chi connectivity index (χ0n) is 9.58. The lowest BCUT2D eigenvalue weighted by Gasteiger charge is -2.19. The zero-order valence-corrected chi connectivity index (χ0v) is 9.58. The predicted octanol–water partition coefficient (Wildman–Crippen LogP) is 3.85. The topological polar surface area (TPSA) is 26.0 Å². The normalized spacial score (nSPS) is 12.6. The van der Waals surface area contributed by atoms with Crippen molar-refractivity contribution >= 4 is 5.57 Å². The van der Waals surface area contributed by atoms with E-state index in [1.54, 1.807) is 12.3 Å². The average molecular weight is 203 g/mol. The van der Waals surface area contributed by atoms with Crippen molar-refractivity contribution in [2.45, 2.75) is 20.8 Å². The minimum Gasteiger partial charge on any atom is -0.444 e. The van der Waals surface area contributed by atoms with E-state index in [0.717, 1.165) is 16.9 Å². The van der Waals surface area contributed by atoms with E-state index < -0.39 is 0 Å². The van der Waals surface area contributed by atoms with Gasteiger partial charge in [-0.25, -0.2) is 4.98 Å². The largest absolute Gasteiger partial charge is 0.444 e. The van der Waals surface area contributed by atoms with Crippen molar-refractivity contribution in [3.8, 4) is 0 Å². The molecule has 0 fully saturated rings. The highest BCUT2D eigenvalue weighted by molar-refractivity contribution is 5.72. The van der Waals surface area contributed by atoms with E-state index in [0.29, 0.717) is 0 Å². The molecule has 0 saturated heterocycles. The molecule has 0 spiro atoms. The summed E-state index contributed by atoms with van der Waals surface area (Å²) in [6, 6.07) is 0. The molecular formula is C13H17NO. The summed E-state index contributed by atoms with van der Waals surface area (Å²) in [5, 5.41) is 0. The Morgan fingerprint density at radius 1 is 1.47 bits per heavy atom. The van der Waals surface area contributed by atoms with Crippen LogP contribution in [-0.2, 0) is 0 Å². The van der Waals surface area contributed by atoms with E-state index in [1.807, 2.05) is 6.08 Å². The van der Waals surface area contributed by atoms with Crippen molar-refractivity contribution in [2.24, 2.45) is 5.41 Å². The number of hydrogen-bond donors (Lipinski definition) is 0. The van der Waals surface area contributed by atoms with Crippen LogP contribution in [0.2, 0.25) is 0 Å². The first-order valence-corrected chi connectivity index (χ1v) is 4.87. The van der Waals surface area contributed by atoms with Crippen molar-refractivity contribution < 1.29 is 4.42 Å². The van der Waals surface area contributed by atoms with Gasteiger partial charge in [-0.15, -0.1) is 0 Å². The van der Waals surface area contributed by atoms with Gasteiger partial charge in [0.15, 0.2) is 12.2 Å². The minimum absolute atomic E-state index is 0.0499. The third-order valence-electron chi connectivity index (χ3n) is 2.23. The Bertz CT molecular complexity index is 377. The highest BCUT2D eigenvalue weighted by atomic mass is 16.3. The van der Waals surface area contributed by atoms with Crippen LogP contribution in [0.5, 0.6) is 0 Å². The van der Waals surface area contributed by atoms with Crippen molar-refractivity contribution in [3.05, 3.63) is 49.2 Å². The second-order valence-electron chi connectivity index (χ2n) is 4.44. The molecule has 0 aromatic carbocycles. The molecule has 1 aromatic heterocycles. The second-order valence-corrected chi connectivity index (χ2v) is 4.44. The first-order valence-electron chi connectivity index (χ1n) is 4.87. The molecule has 2 heteroatoms. The Morgan fingerprint density at radius 3 is 2.53 bits per heavy atom. The van der Waals surface area contributed by atoms with E-state index >= 15 is 0 Å². The van der Waals surface area contributed by atoms with Crippen molar-refractivity contribution in [2.75, 3.05) is 0 Å². The zero-order chi connectivity index (χ0) is 11.5. The van der Waals surface area contributed by atoms with Gasteiger partial charge in [0.25, 0.3) is 0 Å². The highest BCUT2D eigenvalue weighted by Gasteiger charge is 2.13. The number of oxazole rings is 1. The van der Waals surface area contributed by atoms with E-state index in [1.165, 1.54) is 6.39 Å². The Hall–Kier alpha value is -1.57. The first-order chi connectivity index (χ1) is 6.95. The van der Waals surface area contributed by atoms with Crippen LogP contribution in [0.25, 0.3) is 5.57 Å². The van der Waals surface area contributed by atoms with Crippen LogP contribution in [0.15, 0.2) is 47.9 Å². The fraction of sp³-hybridized carbons (Fsp3) is 0.308. The Kier molecular flexibility index (Phi) is 3.30. The first kappa shape index (κ1) is 11.5. The molecule has 0 aliphatic carbocycles. The molecule has 2 nitrogen and oxygen atoms in total. The number of hydrogen-bond acceptors (Lipinski definition) is 2. The molecule has 0 bridgehead atoms. The number of aromatic nitrogens is 1. The number of nitrogens with zero attached hydrogens (tertiary/aromatic N) is 1. The van der Waals surface area contributed by atoms with Gasteiger partial charge >= 0.3 is 0 Å². The Morgan fingerprint density at radius 2 is 2.13 bits per heavy atom. The third-order valence-corrected chi connectivity index (χ3v) is 2.23. The van der Waals surface area contributed by atoms with Gasteiger partial charge in [0.05, 0.1) is 6.20 Å². The molecular weight excluding hydrogens is 186 g/mol. The van der Waals surface area contributed by atoms with Crippen molar-refractivity contribution in [1.29, 1.82) is 0 Å². The standard InChI is InChI=1S/C13H17NO/c1-6-11(12-8-14-9-15-12)7-10(2)13(3,4)5/h6-9H,1-2H2,3-5H3/b11-7+. The molecule has 0 amide bonds. The molecule has 0 aliphatic rings. The van der Waals surface area contributed by atoms with Gasteiger partial charge < -0.3 is 4.42 Å². The molecule has 1 rings (SSSR count). The lowest BCUT2D eigenvalue weighted by Crippen LogP contribution is -2.06. The van der Waals surface area contributed by atoms with Crippen LogP contribution in [0.1, 0.15) is 26.5 Å². The Balaban J connectivity index is 2.99. The summed E-state index contributed by atoms with van der Waals surface area (Å²) in [5.41, 5.74) is 2.00. The van der Waals surface area contributed by atoms with Gasteiger partial charge in [0.1, 0.15) is 0 Å². The summed E-state index contributed by atoms with van der Waals surface area (Å²) in [4.78, 5) is 3.88. The quantitative estimate of drug-likeness (QED) is 0.697. The number of allylic oxidation sites excluding steroid dienone is 4. The summed E-state index contributed by atoms with van der Waals surface area (Å²) in [7, 11) is 0. The van der Waals surface area contributed by atoms with Crippen LogP contribution < -0.4 is 0 Å². The smallest absolute Gasteiger partial charge is 0.181 e. The van der Waals surface area contributed by atoms with Gasteiger partial charge in [0, 0.05) is 5.57 Å². The van der Waals surface area contributed by atoms with Gasteiger partial charge in [-0.1, -0.05) is 40.0 Å². The number of rotatable bonds is 3. The molecule has 0 atom stereocenters. The van der Waals surface area contributed by atoms with Crippen LogP contribution in [0.4, 0.5) is 0 Å². The molecule has 1 aromatic rings. The summed E-state index contributed by atoms with van der Waals surface area (Å²) in [6.45, 7) is 14.1. The summed E-state index contributed by atoms with van der Waals surface area (Å²) < 4.78 is 5.21. The molecule has 15 heavy (non-hydrogen) atoms.